The molecule has 1 saturated carbocycles. The zero-order valence-corrected chi connectivity index (χ0v) is 20.6. The van der Waals surface area contributed by atoms with E-state index in [0.717, 1.165) is 36.6 Å². The van der Waals surface area contributed by atoms with Crippen molar-refractivity contribution in [1.29, 1.82) is 0 Å². The van der Waals surface area contributed by atoms with Crippen molar-refractivity contribution in [1.82, 2.24) is 0 Å². The second kappa shape index (κ2) is 12.8. The Hall–Kier alpha value is -0.950. The van der Waals surface area contributed by atoms with Gasteiger partial charge in [-0.3, -0.25) is 4.79 Å². The van der Waals surface area contributed by atoms with Crippen LogP contribution in [0.1, 0.15) is 55.2 Å². The normalized spacial score (nSPS) is 25.4. The summed E-state index contributed by atoms with van der Waals surface area (Å²) >= 11 is 5.32. The van der Waals surface area contributed by atoms with Gasteiger partial charge in [0.25, 0.3) is 0 Å². The van der Waals surface area contributed by atoms with Crippen LogP contribution in [0, 0.1) is 24.7 Å². The van der Waals surface area contributed by atoms with E-state index in [9.17, 15) is 15.0 Å². The molecule has 1 unspecified atom stereocenters. The van der Waals surface area contributed by atoms with Crippen LogP contribution in [0.25, 0.3) is 0 Å². The van der Waals surface area contributed by atoms with Gasteiger partial charge < -0.3 is 14.9 Å². The molecule has 2 N–H and O–H groups in total. The van der Waals surface area contributed by atoms with E-state index < -0.39 is 6.10 Å². The lowest BCUT2D eigenvalue weighted by Gasteiger charge is -2.20. The molecule has 0 bridgehead atoms. The van der Waals surface area contributed by atoms with Gasteiger partial charge in [-0.25, -0.2) is 0 Å². The van der Waals surface area contributed by atoms with E-state index in [4.69, 9.17) is 0 Å². The molecule has 0 radical (unpaired) electrons. The first-order chi connectivity index (χ1) is 14.3. The number of hydrogen-bond donors (Lipinski definition) is 2. The van der Waals surface area contributed by atoms with Crippen LogP contribution in [-0.2, 0) is 16.0 Å². The number of aryl methyl sites for hydroxylation is 2. The van der Waals surface area contributed by atoms with E-state index in [1.165, 1.54) is 16.9 Å². The largest absolute Gasteiger partial charge is 0.469 e. The second-order valence-electron chi connectivity index (χ2n) is 8.30. The van der Waals surface area contributed by atoms with Crippen LogP contribution in [0.2, 0.25) is 0 Å². The van der Waals surface area contributed by atoms with Gasteiger partial charge in [-0.15, -0.1) is 11.3 Å². The van der Waals surface area contributed by atoms with Crippen molar-refractivity contribution in [3.63, 3.8) is 0 Å². The van der Waals surface area contributed by atoms with E-state index in [0.29, 0.717) is 18.8 Å². The van der Waals surface area contributed by atoms with Crippen LogP contribution >= 0.6 is 27.3 Å². The van der Waals surface area contributed by atoms with Crippen molar-refractivity contribution in [2.24, 2.45) is 17.8 Å². The number of hydrogen-bond acceptors (Lipinski definition) is 5. The summed E-state index contributed by atoms with van der Waals surface area (Å²) in [6, 6.07) is 2.14. The van der Waals surface area contributed by atoms with Crippen molar-refractivity contribution in [3.8, 4) is 0 Å². The fourth-order valence-electron chi connectivity index (χ4n) is 4.16. The number of thiophene rings is 1. The predicted molar refractivity (Wildman–Crippen MR) is 127 cm³/mol. The lowest BCUT2D eigenvalue weighted by Crippen LogP contribution is -2.18. The summed E-state index contributed by atoms with van der Waals surface area (Å²) in [5, 5.41) is 20.9. The van der Waals surface area contributed by atoms with Crippen molar-refractivity contribution >= 4 is 33.2 Å². The van der Waals surface area contributed by atoms with Crippen molar-refractivity contribution in [2.45, 2.75) is 71.0 Å². The lowest BCUT2D eigenvalue weighted by atomic mass is 9.86. The first-order valence-corrected chi connectivity index (χ1v) is 12.4. The fourth-order valence-corrected chi connectivity index (χ4v) is 5.78. The van der Waals surface area contributed by atoms with E-state index in [2.05, 4.69) is 58.8 Å². The highest BCUT2D eigenvalue weighted by Crippen LogP contribution is 2.40. The van der Waals surface area contributed by atoms with Crippen molar-refractivity contribution in [3.05, 3.63) is 44.6 Å². The molecule has 30 heavy (non-hydrogen) atoms. The standard InChI is InChI=1S/C24H35BrO4S/c1-16-14-23(27)21(8-6-4-5-7-9-24(28)29-3)20(16)13-11-18(26)10-12-19-15-22(25)17(2)30-19/h4,6,11,13,15-16,18,20-21,23,26-27H,5,7-10,12,14H2,1-3H3/b6-4-,13-11+/t16-,18+,20+,21-,23?/m1/s1. The Balaban J connectivity index is 1.81. The molecule has 0 amide bonds. The minimum Gasteiger partial charge on any atom is -0.469 e. The maximum atomic E-state index is 11.1. The number of carbonyl (C=O) groups excluding carboxylic acids is 1. The monoisotopic (exact) mass is 498 g/mol. The van der Waals surface area contributed by atoms with Gasteiger partial charge in [-0.1, -0.05) is 31.2 Å². The topological polar surface area (TPSA) is 66.8 Å². The Morgan fingerprint density at radius 1 is 1.43 bits per heavy atom. The Kier molecular flexibility index (Phi) is 10.8. The summed E-state index contributed by atoms with van der Waals surface area (Å²) in [5.74, 6) is 0.676. The van der Waals surface area contributed by atoms with Crippen LogP contribution in [0.4, 0.5) is 0 Å². The van der Waals surface area contributed by atoms with Gasteiger partial charge in [0.15, 0.2) is 0 Å². The minimum atomic E-state index is -0.467. The van der Waals surface area contributed by atoms with Crippen molar-refractivity contribution < 1.29 is 19.7 Å². The summed E-state index contributed by atoms with van der Waals surface area (Å²) < 4.78 is 5.79. The lowest BCUT2D eigenvalue weighted by molar-refractivity contribution is -0.140. The number of aliphatic hydroxyl groups excluding tert-OH is 2. The molecule has 0 aliphatic heterocycles. The van der Waals surface area contributed by atoms with Gasteiger partial charge in [-0.2, -0.15) is 0 Å². The summed E-state index contributed by atoms with van der Waals surface area (Å²) in [6.45, 7) is 4.27. The van der Waals surface area contributed by atoms with Gasteiger partial charge in [0, 0.05) is 20.6 Å². The van der Waals surface area contributed by atoms with E-state index in [1.807, 2.05) is 6.08 Å². The molecule has 168 valence electrons. The molecule has 1 aromatic heterocycles. The molecule has 0 spiro atoms. The molecular formula is C24H35BrO4S. The molecule has 1 aliphatic carbocycles. The third-order valence-corrected chi connectivity index (χ3v) is 8.16. The maximum Gasteiger partial charge on any atom is 0.305 e. The number of rotatable bonds is 11. The molecule has 1 heterocycles. The predicted octanol–water partition coefficient (Wildman–Crippen LogP) is 5.59. The second-order valence-corrected chi connectivity index (χ2v) is 10.5. The molecule has 6 heteroatoms. The van der Waals surface area contributed by atoms with Crippen LogP contribution in [-0.4, -0.2) is 35.5 Å². The zero-order valence-electron chi connectivity index (χ0n) is 18.2. The van der Waals surface area contributed by atoms with E-state index in [1.54, 1.807) is 11.3 Å². The molecule has 1 fully saturated rings. The quantitative estimate of drug-likeness (QED) is 0.237. The highest BCUT2D eigenvalue weighted by Gasteiger charge is 2.37. The Morgan fingerprint density at radius 2 is 2.20 bits per heavy atom. The summed E-state index contributed by atoms with van der Waals surface area (Å²) in [4.78, 5) is 13.7. The zero-order chi connectivity index (χ0) is 22.1. The number of allylic oxidation sites excluding steroid dienone is 3. The van der Waals surface area contributed by atoms with E-state index in [-0.39, 0.29) is 23.9 Å². The van der Waals surface area contributed by atoms with Crippen LogP contribution in [0.3, 0.4) is 0 Å². The van der Waals surface area contributed by atoms with Gasteiger partial charge >= 0.3 is 5.97 Å². The number of ether oxygens (including phenoxy) is 1. The SMILES string of the molecule is COC(=O)CCC/C=C\C[C@H]1C(O)C[C@@H](C)[C@@H]1/C=C/[C@@H](O)CCc1cc(Br)c(C)s1. The smallest absolute Gasteiger partial charge is 0.305 e. The molecule has 1 aromatic rings. The molecule has 0 saturated heterocycles. The number of halogens is 1. The number of carbonyl (C=O) groups is 1. The number of esters is 1. The maximum absolute atomic E-state index is 11.1. The van der Waals surface area contributed by atoms with Crippen LogP contribution in [0.5, 0.6) is 0 Å². The molecular weight excluding hydrogens is 464 g/mol. The first-order valence-electron chi connectivity index (χ1n) is 10.8. The summed E-state index contributed by atoms with van der Waals surface area (Å²) in [5.41, 5.74) is 0. The van der Waals surface area contributed by atoms with Crippen LogP contribution < -0.4 is 0 Å². The summed E-state index contributed by atoms with van der Waals surface area (Å²) in [7, 11) is 1.41. The number of methoxy groups -OCH3 is 1. The average Bonchev–Trinajstić information content (AvgIpc) is 3.17. The van der Waals surface area contributed by atoms with Gasteiger partial charge in [0.05, 0.1) is 19.3 Å². The van der Waals surface area contributed by atoms with Gasteiger partial charge in [-0.05, 0) is 85.2 Å². The molecule has 1 aliphatic rings. The fraction of sp³-hybridized carbons (Fsp3) is 0.625. The third-order valence-electron chi connectivity index (χ3n) is 5.96. The number of unbranched alkanes of at least 4 members (excludes halogenated alkanes) is 1. The highest BCUT2D eigenvalue weighted by molar-refractivity contribution is 9.10. The highest BCUT2D eigenvalue weighted by atomic mass is 79.9. The van der Waals surface area contributed by atoms with E-state index >= 15 is 0 Å². The molecule has 4 nitrogen and oxygen atoms in total. The molecule has 2 rings (SSSR count). The Bertz CT molecular complexity index is 707. The minimum absolute atomic E-state index is 0.172. The van der Waals surface area contributed by atoms with Crippen molar-refractivity contribution in [2.75, 3.05) is 7.11 Å². The Morgan fingerprint density at radius 3 is 2.87 bits per heavy atom. The van der Waals surface area contributed by atoms with Crippen LogP contribution in [0.15, 0.2) is 34.8 Å². The number of aliphatic hydroxyl groups is 2. The molecule has 0 aromatic carbocycles. The van der Waals surface area contributed by atoms with Gasteiger partial charge in [0.2, 0.25) is 0 Å². The summed E-state index contributed by atoms with van der Waals surface area (Å²) in [6.07, 6.45) is 12.7. The third kappa shape index (κ3) is 7.95. The molecule has 5 atom stereocenters. The average molecular weight is 500 g/mol. The van der Waals surface area contributed by atoms with Gasteiger partial charge in [0.1, 0.15) is 0 Å². The Labute approximate surface area is 193 Å². The first kappa shape index (κ1) is 25.3.